The van der Waals surface area contributed by atoms with Gasteiger partial charge in [-0.1, -0.05) is 12.1 Å². The lowest BCUT2D eigenvalue weighted by Gasteiger charge is -2.31. The molecule has 0 aromatic heterocycles. The average Bonchev–Trinajstić information content (AvgIpc) is 2.88. The highest BCUT2D eigenvalue weighted by Crippen LogP contribution is 2.54. The normalized spacial score (nSPS) is 12.1. The van der Waals surface area contributed by atoms with Crippen LogP contribution in [0.4, 0.5) is 46.5 Å². The molecule has 2 amide bonds. The highest BCUT2D eigenvalue weighted by molar-refractivity contribution is 9.11. The number of halogens is 10. The van der Waals surface area contributed by atoms with Crippen molar-refractivity contribution in [2.75, 3.05) is 17.3 Å². The third-order valence-electron chi connectivity index (χ3n) is 5.59. The third-order valence-corrected chi connectivity index (χ3v) is 6.84. The number of alkyl halides is 7. The predicted molar refractivity (Wildman–Crippen MR) is 135 cm³/mol. The summed E-state index contributed by atoms with van der Waals surface area (Å²) in [7, 11) is 1.21. The highest BCUT2D eigenvalue weighted by atomic mass is 79.9. The standard InChI is InChI=1S/C25H13Br2F8N3O2/c1-38(22(40)13-5-2-4-12(8-13)11-36)18-7-3-6-15(19(18)28)21(39)37-20-16(26)9-14(10-17(20)27)23(29,24(30,31)32)25(33,34)35/h2-10H,1H3,(H,37,39). The molecule has 3 rings (SSSR count). The molecule has 0 fully saturated rings. The zero-order chi connectivity index (χ0) is 30.2. The van der Waals surface area contributed by atoms with Crippen LogP contribution in [0.25, 0.3) is 0 Å². The smallest absolute Gasteiger partial charge is 0.320 e. The van der Waals surface area contributed by atoms with E-state index in [1.807, 2.05) is 6.07 Å². The lowest BCUT2D eigenvalue weighted by Crippen LogP contribution is -2.50. The quantitative estimate of drug-likeness (QED) is 0.274. The van der Waals surface area contributed by atoms with Crippen molar-refractivity contribution in [3.05, 3.63) is 91.6 Å². The Morgan fingerprint density at radius 2 is 1.45 bits per heavy atom. The van der Waals surface area contributed by atoms with Gasteiger partial charge in [0.1, 0.15) is 0 Å². The fraction of sp³-hybridized carbons (Fsp3) is 0.160. The summed E-state index contributed by atoms with van der Waals surface area (Å²) in [5.74, 6) is -3.11. The van der Waals surface area contributed by atoms with Crippen LogP contribution in [0.15, 0.2) is 63.5 Å². The van der Waals surface area contributed by atoms with Crippen molar-refractivity contribution in [3.63, 3.8) is 0 Å². The summed E-state index contributed by atoms with van der Waals surface area (Å²) in [6.45, 7) is 0. The monoisotopic (exact) mass is 697 g/mol. The highest BCUT2D eigenvalue weighted by Gasteiger charge is 2.73. The number of hydrogen-bond donors (Lipinski definition) is 1. The van der Waals surface area contributed by atoms with Crippen LogP contribution in [0.1, 0.15) is 31.8 Å². The number of amides is 2. The van der Waals surface area contributed by atoms with Gasteiger partial charge in [0.05, 0.1) is 28.6 Å². The number of benzene rings is 3. The Morgan fingerprint density at radius 1 is 0.900 bits per heavy atom. The van der Waals surface area contributed by atoms with E-state index in [2.05, 4.69) is 37.2 Å². The molecule has 0 aliphatic carbocycles. The number of hydrogen-bond acceptors (Lipinski definition) is 3. The summed E-state index contributed by atoms with van der Waals surface area (Å²) in [5, 5.41) is 11.2. The van der Waals surface area contributed by atoms with Gasteiger partial charge >= 0.3 is 18.0 Å². The zero-order valence-electron chi connectivity index (χ0n) is 19.7. The molecule has 5 nitrogen and oxygen atoms in total. The van der Waals surface area contributed by atoms with Crippen LogP contribution in [-0.4, -0.2) is 31.2 Å². The summed E-state index contributed by atoms with van der Waals surface area (Å²) >= 11 is 5.44. The summed E-state index contributed by atoms with van der Waals surface area (Å²) in [6.07, 6.45) is -12.7. The number of carbonyl (C=O) groups excluding carboxylic acids is 2. The van der Waals surface area contributed by atoms with Gasteiger partial charge in [0.25, 0.3) is 11.8 Å². The van der Waals surface area contributed by atoms with Gasteiger partial charge in [-0.3, -0.25) is 9.59 Å². The Hall–Kier alpha value is -3.51. The minimum Gasteiger partial charge on any atom is -0.320 e. The molecule has 0 aliphatic rings. The van der Waals surface area contributed by atoms with Gasteiger partial charge in [0, 0.05) is 27.1 Å². The first kappa shape index (κ1) is 31.0. The zero-order valence-corrected chi connectivity index (χ0v) is 22.9. The van der Waals surface area contributed by atoms with E-state index in [1.165, 1.54) is 43.4 Å². The van der Waals surface area contributed by atoms with E-state index in [0.717, 1.165) is 11.0 Å². The molecule has 1 N–H and O–H groups in total. The fourth-order valence-corrected chi connectivity index (χ4v) is 4.92. The summed E-state index contributed by atoms with van der Waals surface area (Å²) in [6, 6.07) is 11.2. The molecule has 0 aliphatic heterocycles. The molecule has 0 saturated carbocycles. The first-order chi connectivity index (χ1) is 18.4. The molecule has 3 aromatic rings. The first-order valence-corrected chi connectivity index (χ1v) is 12.2. The van der Waals surface area contributed by atoms with Gasteiger partial charge in [-0.05, 0) is 74.3 Å². The number of rotatable bonds is 5. The van der Waals surface area contributed by atoms with Crippen molar-refractivity contribution in [1.29, 1.82) is 5.26 Å². The van der Waals surface area contributed by atoms with Crippen molar-refractivity contribution < 1.29 is 44.7 Å². The van der Waals surface area contributed by atoms with Crippen LogP contribution < -0.4 is 10.2 Å². The maximum absolute atomic E-state index is 15.4. The van der Waals surface area contributed by atoms with Crippen molar-refractivity contribution in [1.82, 2.24) is 0 Å². The summed E-state index contributed by atoms with van der Waals surface area (Å²) < 4.78 is 108. The lowest BCUT2D eigenvalue weighted by atomic mass is 9.94. The number of nitrogens with one attached hydrogen (secondary N) is 1. The molecular formula is C25H13Br2F8N3O2. The van der Waals surface area contributed by atoms with E-state index in [-0.39, 0.29) is 28.9 Å². The van der Waals surface area contributed by atoms with E-state index in [1.54, 1.807) is 0 Å². The lowest BCUT2D eigenvalue weighted by molar-refractivity contribution is -0.348. The second kappa shape index (κ2) is 11.2. The molecule has 0 atom stereocenters. The van der Waals surface area contributed by atoms with Gasteiger partial charge in [-0.2, -0.15) is 31.6 Å². The molecule has 0 unspecified atom stereocenters. The number of nitrogens with zero attached hydrogens (tertiary/aromatic N) is 2. The number of nitriles is 1. The Morgan fingerprint density at radius 3 is 1.98 bits per heavy atom. The van der Waals surface area contributed by atoms with E-state index < -0.39 is 61.4 Å². The maximum atomic E-state index is 15.4. The molecule has 3 aromatic carbocycles. The van der Waals surface area contributed by atoms with Crippen molar-refractivity contribution in [3.8, 4) is 6.07 Å². The van der Waals surface area contributed by atoms with Gasteiger partial charge in [-0.15, -0.1) is 0 Å². The molecule has 0 bridgehead atoms. The number of anilines is 2. The topological polar surface area (TPSA) is 73.2 Å². The van der Waals surface area contributed by atoms with Crippen LogP contribution in [0.5, 0.6) is 0 Å². The molecule has 40 heavy (non-hydrogen) atoms. The van der Waals surface area contributed by atoms with Gasteiger partial charge in [-0.25, -0.2) is 8.78 Å². The van der Waals surface area contributed by atoms with Gasteiger partial charge in [0.15, 0.2) is 5.82 Å². The minimum absolute atomic E-state index is 0.0467. The third kappa shape index (κ3) is 5.68. The van der Waals surface area contributed by atoms with E-state index in [9.17, 15) is 40.3 Å². The fourth-order valence-electron chi connectivity index (χ4n) is 3.54. The van der Waals surface area contributed by atoms with Crippen molar-refractivity contribution in [2.24, 2.45) is 0 Å². The number of carbonyl (C=O) groups is 2. The molecule has 15 heteroatoms. The largest absolute Gasteiger partial charge is 0.435 e. The van der Waals surface area contributed by atoms with Gasteiger partial charge < -0.3 is 10.2 Å². The van der Waals surface area contributed by atoms with Crippen LogP contribution in [0.3, 0.4) is 0 Å². The second-order valence-electron chi connectivity index (χ2n) is 8.12. The second-order valence-corrected chi connectivity index (χ2v) is 9.83. The first-order valence-electron chi connectivity index (χ1n) is 10.6. The molecular weight excluding hydrogens is 686 g/mol. The van der Waals surface area contributed by atoms with E-state index >= 15 is 4.39 Å². The molecule has 0 spiro atoms. The molecule has 210 valence electrons. The Balaban J connectivity index is 1.96. The van der Waals surface area contributed by atoms with E-state index in [4.69, 9.17) is 5.26 Å². The molecule has 0 saturated heterocycles. The van der Waals surface area contributed by atoms with Gasteiger partial charge in [0.2, 0.25) is 0 Å². The minimum atomic E-state index is -6.36. The van der Waals surface area contributed by atoms with Crippen LogP contribution in [0, 0.1) is 17.1 Å². The SMILES string of the molecule is CN(C(=O)c1cccc(C#N)c1)c1cccc(C(=O)Nc2c(Br)cc(C(F)(C(F)(F)F)C(F)(F)F)cc2Br)c1F. The van der Waals surface area contributed by atoms with Crippen LogP contribution in [0.2, 0.25) is 0 Å². The summed E-state index contributed by atoms with van der Waals surface area (Å²) in [5.41, 5.74) is -8.75. The van der Waals surface area contributed by atoms with Crippen LogP contribution >= 0.6 is 31.9 Å². The van der Waals surface area contributed by atoms with Crippen molar-refractivity contribution in [2.45, 2.75) is 18.0 Å². The summed E-state index contributed by atoms with van der Waals surface area (Å²) in [4.78, 5) is 26.6. The maximum Gasteiger partial charge on any atom is 0.435 e. The average molecular weight is 699 g/mol. The molecule has 0 radical (unpaired) electrons. The molecule has 0 heterocycles. The Bertz CT molecular complexity index is 1500. The van der Waals surface area contributed by atoms with Crippen molar-refractivity contribution >= 4 is 55.0 Å². The Kier molecular flexibility index (Phi) is 8.66. The van der Waals surface area contributed by atoms with Crippen LogP contribution in [-0.2, 0) is 5.67 Å². The Labute approximate surface area is 237 Å². The predicted octanol–water partition coefficient (Wildman–Crippen LogP) is 8.04. The van der Waals surface area contributed by atoms with E-state index in [0.29, 0.717) is 0 Å².